The van der Waals surface area contributed by atoms with Crippen molar-refractivity contribution in [1.82, 2.24) is 0 Å². The monoisotopic (exact) mass is 496 g/mol. The van der Waals surface area contributed by atoms with Gasteiger partial charge < -0.3 is 44.5 Å². The summed E-state index contributed by atoms with van der Waals surface area (Å²) in [4.78, 5) is 11.5. The summed E-state index contributed by atoms with van der Waals surface area (Å²) in [6.07, 6.45) is -3.72. The zero-order valence-corrected chi connectivity index (χ0v) is 19.1. The molecule has 36 heavy (non-hydrogen) atoms. The van der Waals surface area contributed by atoms with E-state index in [-0.39, 0.29) is 41.6 Å². The van der Waals surface area contributed by atoms with Gasteiger partial charge in [0.1, 0.15) is 23.4 Å². The molecule has 0 aliphatic carbocycles. The average Bonchev–Trinajstić information content (AvgIpc) is 2.83. The van der Waals surface area contributed by atoms with E-state index in [1.54, 1.807) is 30.3 Å². The van der Waals surface area contributed by atoms with Crippen LogP contribution in [0, 0.1) is 0 Å². The number of carbonyl (C=O) groups is 1. The molecule has 4 atom stereocenters. The molecule has 0 bridgehead atoms. The van der Waals surface area contributed by atoms with Crippen molar-refractivity contribution in [2.45, 2.75) is 37.3 Å². The highest BCUT2D eigenvalue weighted by Crippen LogP contribution is 2.46. The van der Waals surface area contributed by atoms with Crippen molar-refractivity contribution >= 4 is 5.97 Å². The molecule has 2 aliphatic rings. The van der Waals surface area contributed by atoms with E-state index in [1.807, 2.05) is 0 Å². The highest BCUT2D eigenvalue weighted by atomic mass is 16.6. The minimum Gasteiger partial charge on any atom is -0.508 e. The summed E-state index contributed by atoms with van der Waals surface area (Å²) in [5.41, 5.74) is 1.49. The largest absolute Gasteiger partial charge is 0.508 e. The van der Waals surface area contributed by atoms with E-state index in [0.29, 0.717) is 28.2 Å². The van der Waals surface area contributed by atoms with E-state index in [4.69, 9.17) is 18.9 Å². The molecular weight excluding hydrogens is 472 g/mol. The van der Waals surface area contributed by atoms with Crippen LogP contribution in [0.4, 0.5) is 0 Å². The fourth-order valence-corrected chi connectivity index (χ4v) is 4.55. The Kier molecular flexibility index (Phi) is 5.89. The van der Waals surface area contributed by atoms with Gasteiger partial charge in [-0.15, -0.1) is 0 Å². The minimum absolute atomic E-state index is 0.0729. The van der Waals surface area contributed by atoms with E-state index in [0.717, 1.165) is 0 Å². The first-order valence-corrected chi connectivity index (χ1v) is 11.2. The van der Waals surface area contributed by atoms with Gasteiger partial charge in [0.15, 0.2) is 35.2 Å². The number of carboxylic acid groups (broad SMARTS) is 1. The number of carboxylic acids is 1. The second-order valence-corrected chi connectivity index (χ2v) is 8.68. The van der Waals surface area contributed by atoms with E-state index in [1.165, 1.54) is 25.3 Å². The Hall–Kier alpha value is -4.31. The van der Waals surface area contributed by atoms with Gasteiger partial charge in [0, 0.05) is 29.7 Å². The lowest BCUT2D eigenvalue weighted by Crippen LogP contribution is -2.35. The molecule has 5 rings (SSSR count). The molecule has 0 aromatic heterocycles. The van der Waals surface area contributed by atoms with E-state index < -0.39 is 30.4 Å². The molecule has 0 saturated heterocycles. The van der Waals surface area contributed by atoms with Gasteiger partial charge in [-0.3, -0.25) is 4.79 Å². The number of aliphatic carboxylic acids is 1. The van der Waals surface area contributed by atoms with Gasteiger partial charge in [-0.05, 0) is 29.8 Å². The maximum atomic E-state index is 11.5. The van der Waals surface area contributed by atoms with Crippen LogP contribution in [0.1, 0.15) is 35.3 Å². The minimum atomic E-state index is -1.07. The highest BCUT2D eigenvalue weighted by molar-refractivity contribution is 5.68. The second kappa shape index (κ2) is 9.04. The first kappa shape index (κ1) is 23.4. The zero-order chi connectivity index (χ0) is 25.6. The highest BCUT2D eigenvalue weighted by Gasteiger charge is 2.37. The van der Waals surface area contributed by atoms with Crippen molar-refractivity contribution in [3.05, 3.63) is 65.2 Å². The van der Waals surface area contributed by atoms with Crippen molar-refractivity contribution < 1.29 is 49.3 Å². The Balaban J connectivity index is 1.48. The fraction of sp³-hybridized carbons (Fsp3) is 0.269. The molecule has 3 aromatic rings. The molecule has 5 N–H and O–H groups in total. The maximum Gasteiger partial charge on any atom is 0.307 e. The third-order valence-electron chi connectivity index (χ3n) is 6.26. The third-order valence-corrected chi connectivity index (χ3v) is 6.26. The molecule has 2 aliphatic heterocycles. The number of aromatic hydroxyl groups is 3. The van der Waals surface area contributed by atoms with Gasteiger partial charge in [0.25, 0.3) is 0 Å². The van der Waals surface area contributed by atoms with Crippen LogP contribution in [0.5, 0.6) is 40.2 Å². The third kappa shape index (κ3) is 4.27. The fourth-order valence-electron chi connectivity index (χ4n) is 4.55. The SMILES string of the molecule is COc1cc([C@H]2Oc3cc([C@H]4Oc5cc(O)cc(O)c5C[C@@H]4O)ccc3O[C@@H]2CC(=O)O)ccc1O. The van der Waals surface area contributed by atoms with Crippen LogP contribution in [-0.2, 0) is 11.2 Å². The Bertz CT molecular complexity index is 1320. The molecule has 0 spiro atoms. The first-order valence-electron chi connectivity index (χ1n) is 11.2. The number of phenols is 3. The number of rotatable bonds is 5. The number of aliphatic hydroxyl groups is 1. The first-order chi connectivity index (χ1) is 17.2. The van der Waals surface area contributed by atoms with E-state index >= 15 is 0 Å². The number of ether oxygens (including phenoxy) is 4. The van der Waals surface area contributed by atoms with Crippen molar-refractivity contribution in [1.29, 1.82) is 0 Å². The summed E-state index contributed by atoms with van der Waals surface area (Å²) in [7, 11) is 1.40. The maximum absolute atomic E-state index is 11.5. The van der Waals surface area contributed by atoms with E-state index in [9.17, 15) is 30.3 Å². The molecule has 10 heteroatoms. The predicted octanol–water partition coefficient (Wildman–Crippen LogP) is 3.20. The van der Waals surface area contributed by atoms with Crippen LogP contribution in [-0.4, -0.2) is 50.8 Å². The predicted molar refractivity (Wildman–Crippen MR) is 124 cm³/mol. The normalized spacial score (nSPS) is 22.3. The molecule has 0 saturated carbocycles. The van der Waals surface area contributed by atoms with Crippen LogP contribution < -0.4 is 18.9 Å². The van der Waals surface area contributed by atoms with Gasteiger partial charge in [-0.2, -0.15) is 0 Å². The van der Waals surface area contributed by atoms with Crippen LogP contribution in [0.3, 0.4) is 0 Å². The lowest BCUT2D eigenvalue weighted by atomic mass is 9.93. The number of hydrogen-bond donors (Lipinski definition) is 5. The molecule has 0 unspecified atom stereocenters. The van der Waals surface area contributed by atoms with Crippen LogP contribution in [0.15, 0.2) is 48.5 Å². The molecule has 2 heterocycles. The Morgan fingerprint density at radius 3 is 2.36 bits per heavy atom. The summed E-state index contributed by atoms with van der Waals surface area (Å²) >= 11 is 0. The lowest BCUT2D eigenvalue weighted by Gasteiger charge is -2.35. The number of aliphatic hydroxyl groups excluding tert-OH is 1. The number of hydrogen-bond acceptors (Lipinski definition) is 9. The van der Waals surface area contributed by atoms with Crippen LogP contribution in [0.25, 0.3) is 0 Å². The van der Waals surface area contributed by atoms with Crippen molar-refractivity contribution in [2.75, 3.05) is 7.11 Å². The Morgan fingerprint density at radius 2 is 1.61 bits per heavy atom. The van der Waals surface area contributed by atoms with Crippen LogP contribution in [0.2, 0.25) is 0 Å². The number of fused-ring (bicyclic) bond motifs is 2. The summed E-state index contributed by atoms with van der Waals surface area (Å²) in [5.74, 6) is -0.373. The van der Waals surface area contributed by atoms with Crippen LogP contribution >= 0.6 is 0 Å². The molecule has 0 amide bonds. The zero-order valence-electron chi connectivity index (χ0n) is 19.1. The summed E-state index contributed by atoms with van der Waals surface area (Å²) in [5, 5.41) is 50.0. The standard InChI is InChI=1S/C26H24O10/c1-33-21-6-13(2-4-16(21)28)26-23(11-24(31)32)34-19-5-3-12(7-22(19)36-26)25-18(30)10-15-17(29)8-14(27)9-20(15)35-25/h2-9,18,23,25-30H,10-11H2,1H3,(H,31,32)/t18-,23+,25+,26+/m0/s1. The van der Waals surface area contributed by atoms with Gasteiger partial charge in [0.05, 0.1) is 19.6 Å². The second-order valence-electron chi connectivity index (χ2n) is 8.68. The van der Waals surface area contributed by atoms with Crippen molar-refractivity contribution in [3.63, 3.8) is 0 Å². The molecule has 188 valence electrons. The molecular formula is C26H24O10. The topological polar surface area (TPSA) is 155 Å². The van der Waals surface area contributed by atoms with Crippen molar-refractivity contribution in [2.24, 2.45) is 0 Å². The molecule has 0 radical (unpaired) electrons. The Morgan fingerprint density at radius 1 is 0.889 bits per heavy atom. The summed E-state index contributed by atoms with van der Waals surface area (Å²) < 4.78 is 23.3. The molecule has 0 fully saturated rings. The number of benzene rings is 3. The number of phenolic OH excluding ortho intramolecular Hbond substituents is 3. The molecule has 3 aromatic carbocycles. The van der Waals surface area contributed by atoms with Gasteiger partial charge in [-0.25, -0.2) is 0 Å². The van der Waals surface area contributed by atoms with Gasteiger partial charge in [-0.1, -0.05) is 12.1 Å². The summed E-state index contributed by atoms with van der Waals surface area (Å²) in [6, 6.07) is 12.1. The van der Waals surface area contributed by atoms with E-state index in [2.05, 4.69) is 0 Å². The summed E-state index contributed by atoms with van der Waals surface area (Å²) in [6.45, 7) is 0. The van der Waals surface area contributed by atoms with Crippen molar-refractivity contribution in [3.8, 4) is 40.2 Å². The quantitative estimate of drug-likeness (QED) is 0.356. The lowest BCUT2D eigenvalue weighted by molar-refractivity contribution is -0.140. The average molecular weight is 496 g/mol. The number of methoxy groups -OCH3 is 1. The van der Waals surface area contributed by atoms with Gasteiger partial charge >= 0.3 is 5.97 Å². The van der Waals surface area contributed by atoms with Gasteiger partial charge in [0.2, 0.25) is 0 Å². The molecule has 10 nitrogen and oxygen atoms in total. The Labute approximate surface area is 205 Å². The smallest absolute Gasteiger partial charge is 0.307 e.